The molecule has 0 fully saturated rings. The van der Waals surface area contributed by atoms with Crippen LogP contribution < -0.4 is 0 Å². The van der Waals surface area contributed by atoms with E-state index in [1.54, 1.807) is 0 Å². The Balaban J connectivity index is 0.972. The molecular formula is C41H23NS3. The number of pyridine rings is 1. The van der Waals surface area contributed by atoms with Crippen molar-refractivity contribution in [2.45, 2.75) is 0 Å². The maximum absolute atomic E-state index is 4.82. The molecule has 0 aliphatic heterocycles. The van der Waals surface area contributed by atoms with Crippen molar-refractivity contribution in [2.75, 3.05) is 0 Å². The van der Waals surface area contributed by atoms with Crippen LogP contribution in [0.5, 0.6) is 0 Å². The Hall–Kier alpha value is -4.87. The Morgan fingerprint density at radius 3 is 1.69 bits per heavy atom. The summed E-state index contributed by atoms with van der Waals surface area (Å²) in [6.45, 7) is 0. The molecule has 0 unspecified atom stereocenters. The molecule has 0 aliphatic carbocycles. The summed E-state index contributed by atoms with van der Waals surface area (Å²) in [6, 6.07) is 48.9. The van der Waals surface area contributed by atoms with E-state index in [0.29, 0.717) is 0 Å². The molecule has 0 radical (unpaired) electrons. The van der Waals surface area contributed by atoms with Crippen molar-refractivity contribution in [3.63, 3.8) is 0 Å². The molecule has 0 atom stereocenters. The van der Waals surface area contributed by atoms with Gasteiger partial charge in [-0.15, -0.1) is 34.0 Å². The Morgan fingerprint density at radius 1 is 0.378 bits per heavy atom. The van der Waals surface area contributed by atoms with Crippen molar-refractivity contribution in [1.29, 1.82) is 0 Å². The van der Waals surface area contributed by atoms with Crippen LogP contribution in [0.3, 0.4) is 0 Å². The third-order valence-electron chi connectivity index (χ3n) is 8.89. The lowest BCUT2D eigenvalue weighted by Gasteiger charge is -2.07. The van der Waals surface area contributed by atoms with Gasteiger partial charge in [-0.25, -0.2) is 0 Å². The minimum Gasteiger partial charge on any atom is -0.256 e. The number of aromatic nitrogens is 1. The number of hydrogen-bond acceptors (Lipinski definition) is 4. The summed E-state index contributed by atoms with van der Waals surface area (Å²) in [5.41, 5.74) is 5.73. The first kappa shape index (κ1) is 25.5. The minimum absolute atomic E-state index is 0.991. The van der Waals surface area contributed by atoms with E-state index in [4.69, 9.17) is 4.98 Å². The normalized spacial score (nSPS) is 12.0. The van der Waals surface area contributed by atoms with Crippen LogP contribution >= 0.6 is 34.0 Å². The first-order chi connectivity index (χ1) is 22.2. The van der Waals surface area contributed by atoms with Crippen LogP contribution in [-0.4, -0.2) is 4.98 Å². The summed E-state index contributed by atoms with van der Waals surface area (Å²) in [5, 5.41) is 9.22. The molecule has 10 rings (SSSR count). The molecule has 6 aromatic carbocycles. The Morgan fingerprint density at radius 2 is 0.978 bits per heavy atom. The zero-order chi connectivity index (χ0) is 29.5. The van der Waals surface area contributed by atoms with Gasteiger partial charge in [0, 0.05) is 47.1 Å². The standard InChI is InChI=1S/C41H23NS3/c1-2-6-27-20-38-33(18-26(27)5-1)40-41(44-38)34-19-29-14-13-28(17-32(29)22-39(34)45-40)24-9-11-25(12-10-24)35-16-15-31(23-42-35)37-21-30-7-3-4-8-36(30)43-37/h1-23H. The highest BCUT2D eigenvalue weighted by molar-refractivity contribution is 7.36. The molecular weight excluding hydrogens is 603 g/mol. The summed E-state index contributed by atoms with van der Waals surface area (Å²) >= 11 is 5.67. The van der Waals surface area contributed by atoms with Gasteiger partial charge in [-0.1, -0.05) is 78.9 Å². The molecule has 0 amide bonds. The molecule has 0 saturated heterocycles. The molecule has 210 valence electrons. The van der Waals surface area contributed by atoms with Gasteiger partial charge in [0.2, 0.25) is 0 Å². The number of thiophene rings is 3. The molecule has 0 aliphatic rings. The highest BCUT2D eigenvalue weighted by Crippen LogP contribution is 2.46. The van der Waals surface area contributed by atoms with Crippen molar-refractivity contribution < 1.29 is 0 Å². The van der Waals surface area contributed by atoms with Crippen molar-refractivity contribution >= 4 is 95.2 Å². The SMILES string of the molecule is c1ccc2cc3c(cc2c1)sc1c2cc4ccc(-c5ccc(-c6ccc(-c7cc8ccccc8s7)cn6)cc5)cc4cc2sc31. The second-order valence-corrected chi connectivity index (χ2v) is 14.8. The van der Waals surface area contributed by atoms with Gasteiger partial charge in [-0.05, 0) is 92.7 Å². The Labute approximate surface area is 271 Å². The quantitative estimate of drug-likeness (QED) is 0.190. The second kappa shape index (κ2) is 9.82. The van der Waals surface area contributed by atoms with Gasteiger partial charge in [-0.2, -0.15) is 0 Å². The highest BCUT2D eigenvalue weighted by atomic mass is 32.1. The predicted octanol–water partition coefficient (Wildman–Crippen LogP) is 13.2. The van der Waals surface area contributed by atoms with Crippen LogP contribution in [0.4, 0.5) is 0 Å². The zero-order valence-electron chi connectivity index (χ0n) is 24.0. The largest absolute Gasteiger partial charge is 0.256 e. The fraction of sp³-hybridized carbons (Fsp3) is 0. The summed E-state index contributed by atoms with van der Waals surface area (Å²) < 4.78 is 6.86. The molecule has 45 heavy (non-hydrogen) atoms. The van der Waals surface area contributed by atoms with Crippen LogP contribution in [0.2, 0.25) is 0 Å². The van der Waals surface area contributed by atoms with Crippen LogP contribution in [-0.2, 0) is 0 Å². The first-order valence-corrected chi connectivity index (χ1v) is 17.5. The highest BCUT2D eigenvalue weighted by Gasteiger charge is 2.14. The van der Waals surface area contributed by atoms with Gasteiger partial charge in [0.1, 0.15) is 0 Å². The number of rotatable bonds is 3. The van der Waals surface area contributed by atoms with Crippen molar-refractivity contribution in [3.8, 4) is 32.8 Å². The van der Waals surface area contributed by atoms with E-state index in [9.17, 15) is 0 Å². The summed E-state index contributed by atoms with van der Waals surface area (Å²) in [4.78, 5) is 6.08. The first-order valence-electron chi connectivity index (χ1n) is 15.0. The molecule has 1 nitrogen and oxygen atoms in total. The number of benzene rings is 6. The predicted molar refractivity (Wildman–Crippen MR) is 199 cm³/mol. The zero-order valence-corrected chi connectivity index (χ0v) is 26.4. The van der Waals surface area contributed by atoms with Crippen molar-refractivity contribution in [2.24, 2.45) is 0 Å². The smallest absolute Gasteiger partial charge is 0.0702 e. The molecule has 0 saturated carbocycles. The van der Waals surface area contributed by atoms with Gasteiger partial charge in [0.15, 0.2) is 0 Å². The Kier molecular flexibility index (Phi) is 5.55. The maximum atomic E-state index is 4.82. The molecule has 4 heterocycles. The van der Waals surface area contributed by atoms with Crippen molar-refractivity contribution in [3.05, 3.63) is 140 Å². The van der Waals surface area contributed by atoms with E-state index >= 15 is 0 Å². The van der Waals surface area contributed by atoms with E-state index in [2.05, 4.69) is 133 Å². The monoisotopic (exact) mass is 625 g/mol. The molecule has 0 spiro atoms. The lowest BCUT2D eigenvalue weighted by molar-refractivity contribution is 1.33. The minimum atomic E-state index is 0.991. The second-order valence-electron chi connectivity index (χ2n) is 11.6. The molecule has 10 aromatic rings. The number of hydrogen-bond donors (Lipinski definition) is 0. The van der Waals surface area contributed by atoms with E-state index in [1.807, 2.05) is 40.2 Å². The maximum Gasteiger partial charge on any atom is 0.0702 e. The summed E-state index contributed by atoms with van der Waals surface area (Å²) in [6.07, 6.45) is 2.00. The van der Waals surface area contributed by atoms with Gasteiger partial charge in [0.25, 0.3) is 0 Å². The third-order valence-corrected chi connectivity index (χ3v) is 12.6. The van der Waals surface area contributed by atoms with Crippen LogP contribution in [0, 0.1) is 0 Å². The summed E-state index contributed by atoms with van der Waals surface area (Å²) in [5.74, 6) is 0. The molecule has 0 bridgehead atoms. The van der Waals surface area contributed by atoms with Gasteiger partial charge >= 0.3 is 0 Å². The molecule has 4 heteroatoms. The van der Waals surface area contributed by atoms with E-state index in [-0.39, 0.29) is 0 Å². The van der Waals surface area contributed by atoms with Gasteiger partial charge < -0.3 is 0 Å². The van der Waals surface area contributed by atoms with Crippen LogP contribution in [0.15, 0.2) is 140 Å². The fourth-order valence-electron chi connectivity index (χ4n) is 6.53. The fourth-order valence-corrected chi connectivity index (χ4v) is 10.3. The van der Waals surface area contributed by atoms with E-state index in [1.165, 1.54) is 77.2 Å². The van der Waals surface area contributed by atoms with Crippen LogP contribution in [0.1, 0.15) is 0 Å². The number of fused-ring (bicyclic) bond motifs is 8. The number of nitrogens with zero attached hydrogens (tertiary/aromatic N) is 1. The molecule has 4 aromatic heterocycles. The van der Waals surface area contributed by atoms with Crippen molar-refractivity contribution in [1.82, 2.24) is 4.98 Å². The third kappa shape index (κ3) is 4.14. The summed E-state index contributed by atoms with van der Waals surface area (Å²) in [7, 11) is 0. The van der Waals surface area contributed by atoms with E-state index in [0.717, 1.165) is 16.8 Å². The lowest BCUT2D eigenvalue weighted by Crippen LogP contribution is -1.85. The van der Waals surface area contributed by atoms with Crippen LogP contribution in [0.25, 0.3) is 94.0 Å². The average Bonchev–Trinajstić information content (AvgIpc) is 3.78. The Bertz CT molecular complexity index is 2710. The topological polar surface area (TPSA) is 12.9 Å². The average molecular weight is 626 g/mol. The lowest BCUT2D eigenvalue weighted by atomic mass is 9.99. The van der Waals surface area contributed by atoms with Gasteiger partial charge in [0.05, 0.1) is 15.1 Å². The molecule has 0 N–H and O–H groups in total. The van der Waals surface area contributed by atoms with E-state index < -0.39 is 0 Å². The van der Waals surface area contributed by atoms with Gasteiger partial charge in [-0.3, -0.25) is 4.98 Å².